The topological polar surface area (TPSA) is 80.0 Å². The highest BCUT2D eigenvalue weighted by atomic mass is 16.5. The molecule has 0 saturated heterocycles. The van der Waals surface area contributed by atoms with Crippen LogP contribution in [0.4, 0.5) is 0 Å². The molecular weight excluding hydrogens is 422 g/mol. The smallest absolute Gasteiger partial charge is 0.318 e. The van der Waals surface area contributed by atoms with Gasteiger partial charge in [-0.2, -0.15) is 0 Å². The number of hydrogen-bond donors (Lipinski definition) is 0. The Balaban J connectivity index is 1.35. The van der Waals surface area contributed by atoms with Gasteiger partial charge in [0.1, 0.15) is 29.7 Å². The van der Waals surface area contributed by atoms with Crippen LogP contribution in [0.3, 0.4) is 0 Å². The summed E-state index contributed by atoms with van der Waals surface area (Å²) in [6.07, 6.45) is 0. The van der Waals surface area contributed by atoms with Crippen molar-refractivity contribution in [2.75, 3.05) is 14.2 Å². The maximum Gasteiger partial charge on any atom is 0.318 e. The standard InChI is InChI=1S/C26H21NO6/c1-29-22-12-11-16(13-24(22)30-2)23-14-17(27-33-23)15-31-26(28)25-18-7-3-5-9-20(18)32-21-10-6-4-8-19(21)25/h3-14,25H,15H2,1-2H3. The zero-order valence-electron chi connectivity index (χ0n) is 18.1. The van der Waals surface area contributed by atoms with Crippen LogP contribution in [0.15, 0.2) is 77.3 Å². The second-order valence-electron chi connectivity index (χ2n) is 7.47. The van der Waals surface area contributed by atoms with Crippen LogP contribution in [0, 0.1) is 0 Å². The summed E-state index contributed by atoms with van der Waals surface area (Å²) in [4.78, 5) is 13.2. The number of methoxy groups -OCH3 is 2. The van der Waals surface area contributed by atoms with E-state index in [0.29, 0.717) is 34.5 Å². The van der Waals surface area contributed by atoms with Gasteiger partial charge in [0, 0.05) is 22.8 Å². The zero-order valence-corrected chi connectivity index (χ0v) is 18.1. The molecule has 166 valence electrons. The minimum absolute atomic E-state index is 0.0166. The molecule has 2 heterocycles. The normalized spacial score (nSPS) is 12.3. The third kappa shape index (κ3) is 3.89. The summed E-state index contributed by atoms with van der Waals surface area (Å²) in [5.74, 6) is 2.06. The molecule has 7 heteroatoms. The van der Waals surface area contributed by atoms with Gasteiger partial charge in [-0.05, 0) is 30.3 Å². The lowest BCUT2D eigenvalue weighted by Crippen LogP contribution is -2.21. The van der Waals surface area contributed by atoms with Crippen molar-refractivity contribution >= 4 is 5.97 Å². The van der Waals surface area contributed by atoms with Crippen LogP contribution in [0.1, 0.15) is 22.7 Å². The third-order valence-electron chi connectivity index (χ3n) is 5.50. The fraction of sp³-hybridized carbons (Fsp3) is 0.154. The first-order valence-electron chi connectivity index (χ1n) is 10.4. The van der Waals surface area contributed by atoms with Crippen molar-refractivity contribution in [1.29, 1.82) is 0 Å². The van der Waals surface area contributed by atoms with E-state index in [1.165, 1.54) is 0 Å². The number of esters is 1. The molecule has 1 aliphatic rings. The Hall–Kier alpha value is -4.26. The van der Waals surface area contributed by atoms with Gasteiger partial charge in [-0.25, -0.2) is 0 Å². The number of rotatable bonds is 6. The Labute approximate surface area is 190 Å². The van der Waals surface area contributed by atoms with Gasteiger partial charge in [0.15, 0.2) is 17.3 Å². The summed E-state index contributed by atoms with van der Waals surface area (Å²) in [6.45, 7) is -0.0166. The molecule has 33 heavy (non-hydrogen) atoms. The van der Waals surface area contributed by atoms with E-state index in [9.17, 15) is 4.79 Å². The first-order valence-corrected chi connectivity index (χ1v) is 10.4. The van der Waals surface area contributed by atoms with Gasteiger partial charge in [-0.3, -0.25) is 4.79 Å². The zero-order chi connectivity index (χ0) is 22.8. The van der Waals surface area contributed by atoms with Crippen molar-refractivity contribution in [3.8, 4) is 34.3 Å². The largest absolute Gasteiger partial charge is 0.493 e. The Morgan fingerprint density at radius 1 is 0.879 bits per heavy atom. The lowest BCUT2D eigenvalue weighted by Gasteiger charge is -2.26. The highest BCUT2D eigenvalue weighted by Gasteiger charge is 2.33. The van der Waals surface area contributed by atoms with Gasteiger partial charge in [0.2, 0.25) is 0 Å². The van der Waals surface area contributed by atoms with Crippen molar-refractivity contribution < 1.29 is 28.3 Å². The van der Waals surface area contributed by atoms with Crippen LogP contribution < -0.4 is 14.2 Å². The molecule has 0 spiro atoms. The van der Waals surface area contributed by atoms with Gasteiger partial charge < -0.3 is 23.5 Å². The number of nitrogens with zero attached hydrogens (tertiary/aromatic N) is 1. The Morgan fingerprint density at radius 2 is 1.55 bits per heavy atom. The molecule has 0 bridgehead atoms. The van der Waals surface area contributed by atoms with E-state index in [2.05, 4.69) is 5.16 Å². The van der Waals surface area contributed by atoms with E-state index in [1.54, 1.807) is 32.4 Å². The van der Waals surface area contributed by atoms with Gasteiger partial charge in [-0.15, -0.1) is 0 Å². The molecule has 4 aromatic rings. The maximum atomic E-state index is 13.2. The molecule has 3 aromatic carbocycles. The maximum absolute atomic E-state index is 13.2. The molecule has 0 N–H and O–H groups in total. The van der Waals surface area contributed by atoms with Gasteiger partial charge in [0.25, 0.3) is 0 Å². The van der Waals surface area contributed by atoms with Crippen molar-refractivity contribution in [2.45, 2.75) is 12.5 Å². The number of carbonyl (C=O) groups is 1. The molecule has 0 amide bonds. The summed E-state index contributed by atoms with van der Waals surface area (Å²) >= 11 is 0. The van der Waals surface area contributed by atoms with Crippen molar-refractivity contribution in [1.82, 2.24) is 5.16 Å². The number of hydrogen-bond acceptors (Lipinski definition) is 7. The number of aromatic nitrogens is 1. The van der Waals surface area contributed by atoms with Crippen LogP contribution in [0.25, 0.3) is 11.3 Å². The van der Waals surface area contributed by atoms with Crippen LogP contribution >= 0.6 is 0 Å². The second-order valence-corrected chi connectivity index (χ2v) is 7.47. The van der Waals surface area contributed by atoms with Crippen LogP contribution in [0.2, 0.25) is 0 Å². The highest BCUT2D eigenvalue weighted by Crippen LogP contribution is 2.44. The number of benzene rings is 3. The SMILES string of the molecule is COc1ccc(-c2cc(COC(=O)C3c4ccccc4Oc4ccccc43)no2)cc1OC. The van der Waals surface area contributed by atoms with E-state index >= 15 is 0 Å². The van der Waals surface area contributed by atoms with E-state index in [0.717, 1.165) is 16.7 Å². The molecule has 0 atom stereocenters. The van der Waals surface area contributed by atoms with E-state index in [-0.39, 0.29) is 12.6 Å². The van der Waals surface area contributed by atoms with Crippen LogP contribution in [-0.4, -0.2) is 25.3 Å². The fourth-order valence-electron chi connectivity index (χ4n) is 3.90. The molecule has 0 aliphatic carbocycles. The van der Waals surface area contributed by atoms with E-state index < -0.39 is 5.92 Å². The summed E-state index contributed by atoms with van der Waals surface area (Å²) in [5, 5.41) is 4.05. The number of ether oxygens (including phenoxy) is 4. The third-order valence-corrected chi connectivity index (χ3v) is 5.50. The summed E-state index contributed by atoms with van der Waals surface area (Å²) < 4.78 is 27.7. The van der Waals surface area contributed by atoms with Crippen molar-refractivity contribution in [3.05, 3.63) is 89.6 Å². The molecule has 0 radical (unpaired) electrons. The van der Waals surface area contributed by atoms with E-state index in [4.69, 9.17) is 23.5 Å². The molecule has 7 nitrogen and oxygen atoms in total. The molecule has 0 fully saturated rings. The molecule has 5 rings (SSSR count). The van der Waals surface area contributed by atoms with Crippen LogP contribution in [0.5, 0.6) is 23.0 Å². The average molecular weight is 443 g/mol. The molecule has 1 aromatic heterocycles. The number of carbonyl (C=O) groups excluding carboxylic acids is 1. The predicted molar refractivity (Wildman–Crippen MR) is 120 cm³/mol. The summed E-state index contributed by atoms with van der Waals surface area (Å²) in [7, 11) is 3.15. The highest BCUT2D eigenvalue weighted by molar-refractivity contribution is 5.85. The summed E-state index contributed by atoms with van der Waals surface area (Å²) in [6, 6.07) is 22.1. The van der Waals surface area contributed by atoms with Gasteiger partial charge in [-0.1, -0.05) is 41.6 Å². The lowest BCUT2D eigenvalue weighted by atomic mass is 9.88. The minimum Gasteiger partial charge on any atom is -0.493 e. The molecule has 0 unspecified atom stereocenters. The van der Waals surface area contributed by atoms with Crippen LogP contribution in [-0.2, 0) is 16.1 Å². The number of para-hydroxylation sites is 2. The molecule has 0 saturated carbocycles. The predicted octanol–water partition coefficient (Wildman–Crippen LogP) is 5.34. The Kier molecular flexibility index (Phi) is 5.44. The first kappa shape index (κ1) is 20.6. The molecule has 1 aliphatic heterocycles. The van der Waals surface area contributed by atoms with E-state index in [1.807, 2.05) is 54.6 Å². The quantitative estimate of drug-likeness (QED) is 0.372. The minimum atomic E-state index is -0.580. The van der Waals surface area contributed by atoms with Gasteiger partial charge >= 0.3 is 5.97 Å². The Morgan fingerprint density at radius 3 is 2.21 bits per heavy atom. The Bertz CT molecular complexity index is 1270. The second kappa shape index (κ2) is 8.70. The van der Waals surface area contributed by atoms with Gasteiger partial charge in [0.05, 0.1) is 14.2 Å². The lowest BCUT2D eigenvalue weighted by molar-refractivity contribution is -0.146. The molecular formula is C26H21NO6. The summed E-state index contributed by atoms with van der Waals surface area (Å²) in [5.41, 5.74) is 2.81. The first-order chi connectivity index (χ1) is 16.2. The van der Waals surface area contributed by atoms with Crippen molar-refractivity contribution in [2.24, 2.45) is 0 Å². The monoisotopic (exact) mass is 443 g/mol. The number of fused-ring (bicyclic) bond motifs is 2. The fourth-order valence-corrected chi connectivity index (χ4v) is 3.90. The average Bonchev–Trinajstić information content (AvgIpc) is 3.34. The van der Waals surface area contributed by atoms with Crippen molar-refractivity contribution in [3.63, 3.8) is 0 Å².